The van der Waals surface area contributed by atoms with E-state index in [0.717, 1.165) is 23.1 Å². The van der Waals surface area contributed by atoms with Crippen LogP contribution in [0.2, 0.25) is 0 Å². The minimum atomic E-state index is 0.110. The molecule has 18 heavy (non-hydrogen) atoms. The molecule has 0 amide bonds. The maximum absolute atomic E-state index is 5.78. The lowest BCUT2D eigenvalue weighted by atomic mass is 10.0. The molecule has 0 atom stereocenters. The number of rotatable bonds is 5. The SMILES string of the molecule is CNC(C)(C)CCOc1ccc2ncccc2c1. The Morgan fingerprint density at radius 3 is 2.89 bits per heavy atom. The highest BCUT2D eigenvalue weighted by molar-refractivity contribution is 5.79. The zero-order chi connectivity index (χ0) is 13.0. The topological polar surface area (TPSA) is 34.1 Å². The summed E-state index contributed by atoms with van der Waals surface area (Å²) in [6.07, 6.45) is 2.77. The van der Waals surface area contributed by atoms with Gasteiger partial charge in [-0.2, -0.15) is 0 Å². The first-order valence-electron chi connectivity index (χ1n) is 6.27. The Labute approximate surface area is 108 Å². The Bertz CT molecular complexity index is 523. The predicted octanol–water partition coefficient (Wildman–Crippen LogP) is 3.00. The maximum Gasteiger partial charge on any atom is 0.120 e. The van der Waals surface area contributed by atoms with Crippen LogP contribution in [0.15, 0.2) is 36.5 Å². The highest BCUT2D eigenvalue weighted by atomic mass is 16.5. The summed E-state index contributed by atoms with van der Waals surface area (Å²) in [5.74, 6) is 0.905. The van der Waals surface area contributed by atoms with Gasteiger partial charge in [-0.15, -0.1) is 0 Å². The van der Waals surface area contributed by atoms with Gasteiger partial charge in [0.1, 0.15) is 5.75 Å². The first kappa shape index (κ1) is 12.8. The van der Waals surface area contributed by atoms with E-state index in [1.807, 2.05) is 37.4 Å². The molecule has 0 spiro atoms. The average molecular weight is 244 g/mol. The van der Waals surface area contributed by atoms with E-state index in [9.17, 15) is 0 Å². The van der Waals surface area contributed by atoms with Crippen molar-refractivity contribution in [1.82, 2.24) is 10.3 Å². The predicted molar refractivity (Wildman–Crippen MR) is 75.0 cm³/mol. The quantitative estimate of drug-likeness (QED) is 0.878. The summed E-state index contributed by atoms with van der Waals surface area (Å²) in [6, 6.07) is 9.99. The van der Waals surface area contributed by atoms with Crippen LogP contribution in [-0.4, -0.2) is 24.2 Å². The van der Waals surface area contributed by atoms with Crippen LogP contribution in [0.5, 0.6) is 5.75 Å². The van der Waals surface area contributed by atoms with Gasteiger partial charge in [-0.05, 0) is 51.6 Å². The van der Waals surface area contributed by atoms with Crippen molar-refractivity contribution in [1.29, 1.82) is 0 Å². The van der Waals surface area contributed by atoms with Gasteiger partial charge >= 0.3 is 0 Å². The van der Waals surface area contributed by atoms with Crippen LogP contribution in [0.25, 0.3) is 10.9 Å². The fourth-order valence-corrected chi connectivity index (χ4v) is 1.69. The van der Waals surface area contributed by atoms with E-state index in [1.165, 1.54) is 0 Å². The Hall–Kier alpha value is -1.61. The van der Waals surface area contributed by atoms with Crippen molar-refractivity contribution < 1.29 is 4.74 Å². The van der Waals surface area contributed by atoms with E-state index in [2.05, 4.69) is 24.1 Å². The number of aromatic nitrogens is 1. The molecule has 0 radical (unpaired) electrons. The second kappa shape index (κ2) is 5.36. The number of fused-ring (bicyclic) bond motifs is 1. The van der Waals surface area contributed by atoms with Gasteiger partial charge in [-0.3, -0.25) is 4.98 Å². The second-order valence-electron chi connectivity index (χ2n) is 5.09. The minimum absolute atomic E-state index is 0.110. The van der Waals surface area contributed by atoms with Crippen LogP contribution < -0.4 is 10.1 Å². The van der Waals surface area contributed by atoms with Gasteiger partial charge in [0, 0.05) is 17.1 Å². The van der Waals surface area contributed by atoms with Crippen LogP contribution >= 0.6 is 0 Å². The summed E-state index contributed by atoms with van der Waals surface area (Å²) < 4.78 is 5.78. The molecule has 0 fully saturated rings. The Morgan fingerprint density at radius 1 is 1.28 bits per heavy atom. The van der Waals surface area contributed by atoms with Crippen LogP contribution in [0.3, 0.4) is 0 Å². The van der Waals surface area contributed by atoms with Crippen molar-refractivity contribution in [3.8, 4) is 5.75 Å². The van der Waals surface area contributed by atoms with Gasteiger partial charge < -0.3 is 10.1 Å². The molecule has 0 bridgehead atoms. The van der Waals surface area contributed by atoms with Crippen molar-refractivity contribution in [3.63, 3.8) is 0 Å². The fraction of sp³-hybridized carbons (Fsp3) is 0.400. The van der Waals surface area contributed by atoms with Crippen molar-refractivity contribution in [3.05, 3.63) is 36.5 Å². The molecule has 0 aliphatic rings. The lowest BCUT2D eigenvalue weighted by molar-refractivity contribution is 0.256. The highest BCUT2D eigenvalue weighted by Gasteiger charge is 2.14. The number of hydrogen-bond acceptors (Lipinski definition) is 3. The third-order valence-electron chi connectivity index (χ3n) is 3.25. The molecule has 0 saturated heterocycles. The van der Waals surface area contributed by atoms with Crippen molar-refractivity contribution in [2.24, 2.45) is 0 Å². The van der Waals surface area contributed by atoms with Crippen molar-refractivity contribution in [2.45, 2.75) is 25.8 Å². The summed E-state index contributed by atoms with van der Waals surface area (Å²) in [6.45, 7) is 5.04. The number of hydrogen-bond donors (Lipinski definition) is 1. The smallest absolute Gasteiger partial charge is 0.120 e. The molecule has 1 heterocycles. The molecule has 1 N–H and O–H groups in total. The van der Waals surface area contributed by atoms with Crippen molar-refractivity contribution in [2.75, 3.05) is 13.7 Å². The standard InChI is InChI=1S/C15H20N2O/c1-15(2,16-3)8-10-18-13-6-7-14-12(11-13)5-4-9-17-14/h4-7,9,11,16H,8,10H2,1-3H3. The lowest BCUT2D eigenvalue weighted by Crippen LogP contribution is -2.37. The van der Waals surface area contributed by atoms with E-state index < -0.39 is 0 Å². The molecular weight excluding hydrogens is 224 g/mol. The summed E-state index contributed by atoms with van der Waals surface area (Å²) in [7, 11) is 1.97. The molecule has 0 saturated carbocycles. The maximum atomic E-state index is 5.78. The number of nitrogens with zero attached hydrogens (tertiary/aromatic N) is 1. The molecule has 96 valence electrons. The van der Waals surface area contributed by atoms with Gasteiger partial charge in [0.05, 0.1) is 12.1 Å². The fourth-order valence-electron chi connectivity index (χ4n) is 1.69. The summed E-state index contributed by atoms with van der Waals surface area (Å²) in [4.78, 5) is 4.29. The Morgan fingerprint density at radius 2 is 2.11 bits per heavy atom. The Balaban J connectivity index is 2.00. The zero-order valence-corrected chi connectivity index (χ0v) is 11.2. The zero-order valence-electron chi connectivity index (χ0n) is 11.2. The van der Waals surface area contributed by atoms with Gasteiger partial charge in [-0.25, -0.2) is 0 Å². The molecule has 3 nitrogen and oxygen atoms in total. The van der Waals surface area contributed by atoms with Crippen LogP contribution in [0.1, 0.15) is 20.3 Å². The normalized spacial score (nSPS) is 11.7. The molecule has 2 rings (SSSR count). The molecule has 0 aliphatic heterocycles. The third-order valence-corrected chi connectivity index (χ3v) is 3.25. The first-order chi connectivity index (χ1) is 8.61. The minimum Gasteiger partial charge on any atom is -0.494 e. The van der Waals surface area contributed by atoms with Crippen LogP contribution in [0, 0.1) is 0 Å². The molecule has 2 aromatic rings. The molecule has 0 aliphatic carbocycles. The lowest BCUT2D eigenvalue weighted by Gasteiger charge is -2.23. The summed E-state index contributed by atoms with van der Waals surface area (Å²) >= 11 is 0. The second-order valence-corrected chi connectivity index (χ2v) is 5.09. The monoisotopic (exact) mass is 244 g/mol. The molecule has 1 aromatic heterocycles. The van der Waals surface area contributed by atoms with Gasteiger partial charge in [0.2, 0.25) is 0 Å². The molecule has 0 unspecified atom stereocenters. The van der Waals surface area contributed by atoms with E-state index in [4.69, 9.17) is 4.74 Å². The molecular formula is C15H20N2O. The summed E-state index contributed by atoms with van der Waals surface area (Å²) in [5, 5.41) is 4.38. The van der Waals surface area contributed by atoms with Gasteiger partial charge in [0.15, 0.2) is 0 Å². The van der Waals surface area contributed by atoms with E-state index >= 15 is 0 Å². The molecule has 1 aromatic carbocycles. The largest absolute Gasteiger partial charge is 0.494 e. The number of benzene rings is 1. The molecule has 3 heteroatoms. The van der Waals surface area contributed by atoms with Gasteiger partial charge in [-0.1, -0.05) is 6.07 Å². The first-order valence-corrected chi connectivity index (χ1v) is 6.27. The van der Waals surface area contributed by atoms with Crippen LogP contribution in [-0.2, 0) is 0 Å². The third kappa shape index (κ3) is 3.20. The van der Waals surface area contributed by atoms with Crippen LogP contribution in [0.4, 0.5) is 0 Å². The Kier molecular flexibility index (Phi) is 3.82. The van der Waals surface area contributed by atoms with Crippen molar-refractivity contribution >= 4 is 10.9 Å². The number of ether oxygens (including phenoxy) is 1. The van der Waals surface area contributed by atoms with E-state index in [0.29, 0.717) is 6.61 Å². The average Bonchev–Trinajstić information content (AvgIpc) is 2.38. The summed E-state index contributed by atoms with van der Waals surface area (Å²) in [5.41, 5.74) is 1.11. The highest BCUT2D eigenvalue weighted by Crippen LogP contribution is 2.19. The number of nitrogens with one attached hydrogen (secondary N) is 1. The van der Waals surface area contributed by atoms with E-state index in [-0.39, 0.29) is 5.54 Å². The van der Waals surface area contributed by atoms with E-state index in [1.54, 1.807) is 6.20 Å². The van der Waals surface area contributed by atoms with Gasteiger partial charge in [0.25, 0.3) is 0 Å². The number of pyridine rings is 1.